The Labute approximate surface area is 90.1 Å². The van der Waals surface area contributed by atoms with Crippen molar-refractivity contribution < 1.29 is 18.1 Å². The summed E-state index contributed by atoms with van der Waals surface area (Å²) in [5.74, 6) is 0.921. The minimum absolute atomic E-state index is 0. The second-order valence-electron chi connectivity index (χ2n) is 2.52. The van der Waals surface area contributed by atoms with Crippen molar-refractivity contribution in [1.29, 1.82) is 0 Å². The minimum atomic E-state index is 0. The lowest BCUT2D eigenvalue weighted by atomic mass is 10.5. The van der Waals surface area contributed by atoms with E-state index in [1.54, 1.807) is 12.1 Å². The van der Waals surface area contributed by atoms with E-state index < -0.39 is 0 Å². The van der Waals surface area contributed by atoms with Crippen LogP contribution < -0.4 is 18.1 Å². The Morgan fingerprint density at radius 2 is 2.27 bits per heavy atom. The van der Waals surface area contributed by atoms with E-state index in [9.17, 15) is 0 Å². The van der Waals surface area contributed by atoms with Gasteiger partial charge in [-0.1, -0.05) is 0 Å². The topological polar surface area (TPSA) is 119 Å². The molecule has 2 heterocycles. The van der Waals surface area contributed by atoms with Crippen LogP contribution in [0.2, 0.25) is 0 Å². The number of rotatable bonds is 2. The zero-order chi connectivity index (χ0) is 9.97. The van der Waals surface area contributed by atoms with E-state index in [1.165, 1.54) is 4.52 Å². The molecule has 0 spiro atoms. The Morgan fingerprint density at radius 1 is 1.47 bits per heavy atom. The smallest absolute Gasteiger partial charge is 0.209 e. The molecule has 0 saturated heterocycles. The molecule has 0 aliphatic carbocycles. The van der Waals surface area contributed by atoms with E-state index in [-0.39, 0.29) is 18.2 Å². The SMILES string of the molecule is [Cl-].[N-]=[N+]=Nc1ccc2nnc(C[NH3+])n2n1. The molecule has 0 amide bonds. The molecular weight excluding hydrogens is 220 g/mol. The standard InChI is InChI=1S/C6H6N8.ClH/c7-3-6-11-10-5-2-1-4(9-13-8)12-14(5)6;/h1-2H,3,7H2;1H. The minimum Gasteiger partial charge on any atom is -1.00 e. The van der Waals surface area contributed by atoms with Gasteiger partial charge in [-0.2, -0.15) is 9.61 Å². The molecule has 0 radical (unpaired) electrons. The number of nitrogens with zero attached hydrogens (tertiary/aromatic N) is 7. The molecule has 0 aliphatic heterocycles. The van der Waals surface area contributed by atoms with Crippen LogP contribution >= 0.6 is 0 Å². The highest BCUT2D eigenvalue weighted by molar-refractivity contribution is 5.40. The lowest BCUT2D eigenvalue weighted by Crippen LogP contribution is -3.00. The van der Waals surface area contributed by atoms with Crippen LogP contribution in [0.4, 0.5) is 5.82 Å². The molecule has 0 saturated carbocycles. The number of quaternary nitrogens is 1. The first kappa shape index (κ1) is 11.2. The second kappa shape index (κ2) is 4.56. The van der Waals surface area contributed by atoms with Gasteiger partial charge in [0.05, 0.1) is 0 Å². The Kier molecular flexibility index (Phi) is 3.40. The summed E-state index contributed by atoms with van der Waals surface area (Å²) in [6.45, 7) is 0.480. The highest BCUT2D eigenvalue weighted by atomic mass is 35.5. The maximum Gasteiger partial charge on any atom is 0.209 e. The fourth-order valence-corrected chi connectivity index (χ4v) is 1.08. The lowest BCUT2D eigenvalue weighted by Gasteiger charge is -1.94. The van der Waals surface area contributed by atoms with Crippen LogP contribution in [-0.4, -0.2) is 19.8 Å². The van der Waals surface area contributed by atoms with E-state index in [1.807, 2.05) is 0 Å². The first-order valence-electron chi connectivity index (χ1n) is 3.91. The number of aromatic nitrogens is 4. The fourth-order valence-electron chi connectivity index (χ4n) is 1.08. The molecule has 15 heavy (non-hydrogen) atoms. The summed E-state index contributed by atoms with van der Waals surface area (Å²) in [5.41, 5.74) is 12.5. The third-order valence-electron chi connectivity index (χ3n) is 1.68. The average molecular weight is 227 g/mol. The second-order valence-corrected chi connectivity index (χ2v) is 2.52. The molecule has 0 aliphatic rings. The van der Waals surface area contributed by atoms with Crippen molar-refractivity contribution in [3.8, 4) is 0 Å². The van der Waals surface area contributed by atoms with Crippen molar-refractivity contribution in [2.45, 2.75) is 6.54 Å². The number of fused-ring (bicyclic) bond motifs is 1. The normalized spacial score (nSPS) is 9.40. The van der Waals surface area contributed by atoms with E-state index >= 15 is 0 Å². The molecule has 3 N–H and O–H groups in total. The lowest BCUT2D eigenvalue weighted by molar-refractivity contribution is -0.388. The third-order valence-corrected chi connectivity index (χ3v) is 1.68. The Hall–Kier alpha value is -1.89. The van der Waals surface area contributed by atoms with Gasteiger partial charge < -0.3 is 18.1 Å². The van der Waals surface area contributed by atoms with Crippen molar-refractivity contribution in [2.75, 3.05) is 0 Å². The van der Waals surface area contributed by atoms with E-state index in [0.29, 0.717) is 18.0 Å². The van der Waals surface area contributed by atoms with Gasteiger partial charge in [-0.25, -0.2) is 0 Å². The maximum atomic E-state index is 8.23. The molecule has 0 atom stereocenters. The van der Waals surface area contributed by atoms with Gasteiger partial charge in [0.1, 0.15) is 12.4 Å². The highest BCUT2D eigenvalue weighted by Crippen LogP contribution is 2.09. The van der Waals surface area contributed by atoms with Gasteiger partial charge in [0.15, 0.2) is 5.65 Å². The molecule has 0 unspecified atom stereocenters. The highest BCUT2D eigenvalue weighted by Gasteiger charge is 2.05. The Balaban J connectivity index is 0.00000112. The summed E-state index contributed by atoms with van der Waals surface area (Å²) >= 11 is 0. The zero-order valence-corrected chi connectivity index (χ0v) is 8.33. The van der Waals surface area contributed by atoms with E-state index in [2.05, 4.69) is 31.1 Å². The van der Waals surface area contributed by atoms with Crippen molar-refractivity contribution in [3.05, 3.63) is 28.4 Å². The van der Waals surface area contributed by atoms with Gasteiger partial charge in [0, 0.05) is 4.91 Å². The van der Waals surface area contributed by atoms with Crippen molar-refractivity contribution in [2.24, 2.45) is 5.11 Å². The van der Waals surface area contributed by atoms with Gasteiger partial charge >= 0.3 is 0 Å². The number of hydrogen-bond acceptors (Lipinski definition) is 4. The predicted octanol–water partition coefficient (Wildman–Crippen LogP) is -3.19. The van der Waals surface area contributed by atoms with Gasteiger partial charge in [-0.15, -0.1) is 10.2 Å². The van der Waals surface area contributed by atoms with Crippen LogP contribution in [0.25, 0.3) is 16.1 Å². The molecule has 2 rings (SSSR count). The number of azide groups is 1. The molecular formula is C6H7ClN8. The molecule has 2 aromatic rings. The average Bonchev–Trinajstić information content (AvgIpc) is 2.60. The van der Waals surface area contributed by atoms with Gasteiger partial charge in [0.25, 0.3) is 0 Å². The Bertz CT molecular complexity index is 513. The summed E-state index contributed by atoms with van der Waals surface area (Å²) in [4.78, 5) is 2.65. The van der Waals surface area contributed by atoms with Crippen LogP contribution in [0.3, 0.4) is 0 Å². The quantitative estimate of drug-likeness (QED) is 0.330. The maximum absolute atomic E-state index is 8.23. The molecule has 0 fully saturated rings. The summed E-state index contributed by atoms with van der Waals surface area (Å²) in [6, 6.07) is 3.26. The summed E-state index contributed by atoms with van der Waals surface area (Å²) in [7, 11) is 0. The predicted molar refractivity (Wildman–Crippen MR) is 46.2 cm³/mol. The van der Waals surface area contributed by atoms with Crippen LogP contribution in [0.5, 0.6) is 0 Å². The number of halogens is 1. The largest absolute Gasteiger partial charge is 1.00 e. The molecule has 0 aromatic carbocycles. The van der Waals surface area contributed by atoms with E-state index in [4.69, 9.17) is 5.53 Å². The molecule has 78 valence electrons. The summed E-state index contributed by atoms with van der Waals surface area (Å²) in [6.07, 6.45) is 0. The monoisotopic (exact) mass is 226 g/mol. The molecule has 9 heteroatoms. The first-order valence-corrected chi connectivity index (χ1v) is 3.91. The van der Waals surface area contributed by atoms with Crippen molar-refractivity contribution >= 4 is 11.5 Å². The third kappa shape index (κ3) is 1.96. The molecule has 8 nitrogen and oxygen atoms in total. The molecule has 0 bridgehead atoms. The zero-order valence-electron chi connectivity index (χ0n) is 7.58. The first-order chi connectivity index (χ1) is 6.85. The summed E-state index contributed by atoms with van der Waals surface area (Å²) in [5, 5.41) is 15.1. The fraction of sp³-hybridized carbons (Fsp3) is 0.167. The van der Waals surface area contributed by atoms with Crippen LogP contribution in [0.1, 0.15) is 5.82 Å². The number of hydrogen-bond donors (Lipinski definition) is 1. The van der Waals surface area contributed by atoms with Gasteiger partial charge in [-0.05, 0) is 22.8 Å². The van der Waals surface area contributed by atoms with Crippen LogP contribution in [0, 0.1) is 0 Å². The van der Waals surface area contributed by atoms with E-state index in [0.717, 1.165) is 0 Å². The van der Waals surface area contributed by atoms with Gasteiger partial charge in [0.2, 0.25) is 5.82 Å². The van der Waals surface area contributed by atoms with Gasteiger partial charge in [-0.3, -0.25) is 0 Å². The van der Waals surface area contributed by atoms with Crippen LogP contribution in [-0.2, 0) is 6.54 Å². The Morgan fingerprint density at radius 3 is 2.93 bits per heavy atom. The molecule has 2 aromatic heterocycles. The van der Waals surface area contributed by atoms with Crippen molar-refractivity contribution in [3.63, 3.8) is 0 Å². The summed E-state index contributed by atoms with van der Waals surface area (Å²) < 4.78 is 1.51. The van der Waals surface area contributed by atoms with Crippen molar-refractivity contribution in [1.82, 2.24) is 19.8 Å². The van der Waals surface area contributed by atoms with Crippen LogP contribution in [0.15, 0.2) is 17.2 Å².